The summed E-state index contributed by atoms with van der Waals surface area (Å²) in [6, 6.07) is -10.9. The number of H-pyrrole nitrogens is 1. The van der Waals surface area contributed by atoms with Crippen molar-refractivity contribution in [1.82, 2.24) is 74.1 Å². The molecule has 123 heavy (non-hydrogen) atoms. The summed E-state index contributed by atoms with van der Waals surface area (Å²) in [5.74, 6) is -30.9. The number of para-hydroxylation sites is 2. The van der Waals surface area contributed by atoms with Gasteiger partial charge in [0.1, 0.15) is 72.6 Å². The van der Waals surface area contributed by atoms with Gasteiger partial charge in [-0.15, -0.1) is 0 Å². The highest BCUT2D eigenvalue weighted by Gasteiger charge is 2.42. The number of aromatic amines is 1. The lowest BCUT2D eigenvalue weighted by Gasteiger charge is -2.30. The van der Waals surface area contributed by atoms with Gasteiger partial charge in [-0.1, -0.05) is 89.6 Å². The first kappa shape index (κ1) is 102. The van der Waals surface area contributed by atoms with Gasteiger partial charge in [0.05, 0.1) is 51.6 Å². The molecule has 2 aromatic carbocycles. The molecule has 2 heterocycles. The van der Waals surface area contributed by atoms with Crippen LogP contribution in [0.4, 0.5) is 5.69 Å². The van der Waals surface area contributed by atoms with Crippen LogP contribution in [0.5, 0.6) is 0 Å². The summed E-state index contributed by atoms with van der Waals surface area (Å²) in [5, 5.41) is 69.3. The topological polar surface area (TPSA) is 751 Å². The Labute approximate surface area is 705 Å². The van der Waals surface area contributed by atoms with E-state index in [1.54, 1.807) is 30.5 Å². The number of fused-ring (bicyclic) bond motifs is 1. The van der Waals surface area contributed by atoms with Gasteiger partial charge in [-0.3, -0.25) is 95.9 Å². The Bertz CT molecular complexity index is 4290. The number of primary amides is 2. The van der Waals surface area contributed by atoms with Crippen LogP contribution >= 0.6 is 0 Å². The maximum absolute atomic E-state index is 15.0. The monoisotopic (exact) mass is 1730 g/mol. The Morgan fingerprint density at radius 3 is 1.58 bits per heavy atom. The highest BCUT2D eigenvalue weighted by Crippen LogP contribution is 2.22. The second kappa shape index (κ2) is 52.1. The minimum atomic E-state index is -2.47. The average molecular weight is 1730 g/mol. The largest absolute Gasteiger partial charge is 0.481 e. The van der Waals surface area contributed by atoms with E-state index in [1.165, 1.54) is 24.3 Å². The summed E-state index contributed by atoms with van der Waals surface area (Å²) in [4.78, 5) is 293. The maximum atomic E-state index is 15.0. The number of amides is 15. The highest BCUT2D eigenvalue weighted by atomic mass is 16.5. The number of hydrogen-bond donors (Lipinski definition) is 23. The third-order valence-corrected chi connectivity index (χ3v) is 19.3. The number of hydrogen-bond acceptors (Lipinski definition) is 25. The van der Waals surface area contributed by atoms with Crippen molar-refractivity contribution in [3.8, 4) is 0 Å². The molecule has 0 bridgehead atoms. The number of nitrogens with one attached hydrogen (secondary N) is 14. The SMILES string of the molecule is CC(C)CCCCCCCCC(=O)NC(Cc1c[nH]c2ccccc12)C(=O)NC(CC(N)=O)C(=O)NC(CC(=O)O)C(=O)NC1C(=O)NCC(=O)NC(CCCN)C(=O)NC(CC(=O)O)C(=O)NC(CCCCN)C(=O)NC(CC(=O)O)C(=O)NCC(=O)NC(CC(N)=O)C(=O)NC(C(C)CC(=O)O)C(=O)NC(CC(=O)c2ccccc2N)C(=O)OC1C. The number of unbranched alkanes of at least 4 members (excludes halogenated alkanes) is 6. The predicted molar refractivity (Wildman–Crippen MR) is 433 cm³/mol. The summed E-state index contributed by atoms with van der Waals surface area (Å²) < 4.78 is 5.71. The quantitative estimate of drug-likeness (QED) is 0.0109. The molecule has 1 aliphatic rings. The summed E-state index contributed by atoms with van der Waals surface area (Å²) >= 11 is 0. The van der Waals surface area contributed by atoms with Gasteiger partial charge in [0.15, 0.2) is 5.78 Å². The molecule has 13 atom stereocenters. The van der Waals surface area contributed by atoms with Crippen molar-refractivity contribution in [2.45, 2.75) is 235 Å². The van der Waals surface area contributed by atoms with E-state index in [0.29, 0.717) is 35.2 Å². The van der Waals surface area contributed by atoms with E-state index in [4.69, 9.17) is 33.4 Å². The molecule has 676 valence electrons. The van der Waals surface area contributed by atoms with Gasteiger partial charge in [0, 0.05) is 47.6 Å². The third kappa shape index (κ3) is 36.7. The van der Waals surface area contributed by atoms with Crippen molar-refractivity contribution >= 4 is 141 Å². The highest BCUT2D eigenvalue weighted by molar-refractivity contribution is 6.05. The predicted octanol–water partition coefficient (Wildman–Crippen LogP) is -4.99. The van der Waals surface area contributed by atoms with Crippen LogP contribution in [0.25, 0.3) is 10.9 Å². The number of carboxylic acids is 4. The van der Waals surface area contributed by atoms with E-state index < -0.39 is 267 Å². The van der Waals surface area contributed by atoms with Crippen LogP contribution < -0.4 is 97.8 Å². The number of ketones is 1. The Morgan fingerprint density at radius 1 is 0.488 bits per heavy atom. The number of nitrogen functional groups attached to an aromatic ring is 1. The molecule has 0 radical (unpaired) electrons. The number of Topliss-reactive ketones (excluding diaryl/α,β-unsaturated/α-hetero) is 1. The van der Waals surface area contributed by atoms with Crippen molar-refractivity contribution in [1.29, 1.82) is 0 Å². The lowest BCUT2D eigenvalue weighted by molar-refractivity contribution is -0.156. The van der Waals surface area contributed by atoms with E-state index >= 15 is 0 Å². The molecule has 0 saturated carbocycles. The normalized spacial score (nSPS) is 20.6. The van der Waals surface area contributed by atoms with Gasteiger partial charge < -0.3 is 128 Å². The van der Waals surface area contributed by atoms with Crippen molar-refractivity contribution in [2.75, 3.05) is 31.9 Å². The Kier molecular flexibility index (Phi) is 43.2. The molecule has 1 aliphatic heterocycles. The zero-order valence-corrected chi connectivity index (χ0v) is 68.6. The molecule has 1 aromatic heterocycles. The fourth-order valence-electron chi connectivity index (χ4n) is 12.9. The molecule has 28 N–H and O–H groups in total. The first-order valence-corrected chi connectivity index (χ1v) is 39.9. The molecule has 4 rings (SSSR count). The lowest BCUT2D eigenvalue weighted by Crippen LogP contribution is -2.62. The number of rotatable bonds is 41. The van der Waals surface area contributed by atoms with E-state index in [2.05, 4.69) is 82.6 Å². The van der Waals surface area contributed by atoms with Gasteiger partial charge >= 0.3 is 29.8 Å². The summed E-state index contributed by atoms with van der Waals surface area (Å²) in [7, 11) is 0. The van der Waals surface area contributed by atoms with E-state index in [0.717, 1.165) is 46.0 Å². The second-order valence-corrected chi connectivity index (χ2v) is 30.0. The number of nitrogens with two attached hydrogens (primary N) is 5. The van der Waals surface area contributed by atoms with Crippen LogP contribution in [0, 0.1) is 11.8 Å². The number of carbonyl (C=O) groups excluding carboxylic acids is 17. The number of anilines is 1. The molecule has 0 spiro atoms. The van der Waals surface area contributed by atoms with Gasteiger partial charge in [-0.2, -0.15) is 0 Å². The number of aliphatic carboxylic acids is 4. The molecular formula is C78H113N19O26. The van der Waals surface area contributed by atoms with E-state index in [1.807, 2.05) is 5.32 Å². The first-order valence-electron chi connectivity index (χ1n) is 39.9. The number of cyclic esters (lactones) is 1. The number of ether oxygens (including phenoxy) is 1. The van der Waals surface area contributed by atoms with Crippen molar-refractivity contribution in [2.24, 2.45) is 34.8 Å². The van der Waals surface area contributed by atoms with E-state index in [-0.39, 0.29) is 62.9 Å². The molecule has 15 amide bonds. The average Bonchev–Trinajstić information content (AvgIpc) is 1.69. The number of aromatic nitrogens is 1. The zero-order valence-electron chi connectivity index (χ0n) is 68.6. The molecule has 3 aromatic rings. The number of carbonyl (C=O) groups is 21. The summed E-state index contributed by atoms with van der Waals surface area (Å²) in [5.41, 5.74) is 29.3. The molecule has 1 saturated heterocycles. The summed E-state index contributed by atoms with van der Waals surface area (Å²) in [6.07, 6.45) is -3.83. The maximum Gasteiger partial charge on any atom is 0.329 e. The van der Waals surface area contributed by atoms with Gasteiger partial charge in [0.2, 0.25) is 88.6 Å². The third-order valence-electron chi connectivity index (χ3n) is 19.3. The zero-order chi connectivity index (χ0) is 91.7. The van der Waals surface area contributed by atoms with Gasteiger partial charge in [0.25, 0.3) is 0 Å². The molecule has 13 unspecified atom stereocenters. The van der Waals surface area contributed by atoms with Crippen molar-refractivity contribution < 1.29 is 126 Å². The van der Waals surface area contributed by atoms with Gasteiger partial charge in [-0.05, 0) is 94.1 Å². The van der Waals surface area contributed by atoms with Crippen LogP contribution in [0.2, 0.25) is 0 Å². The Morgan fingerprint density at radius 2 is 0.992 bits per heavy atom. The first-order chi connectivity index (χ1) is 58.1. The van der Waals surface area contributed by atoms with Crippen LogP contribution in [-0.4, -0.2) is 248 Å². The van der Waals surface area contributed by atoms with E-state index in [9.17, 15) is 121 Å². The molecule has 45 heteroatoms. The standard InChI is InChI=1S/C78H113N19O26/c1-39(2)18-9-7-5-6-8-10-25-59(101)88-49(29-42-36-84-46-22-14-12-19-43(42)46)71(115)91-51(32-58(83)100)72(116)94-54(35-65(110)111)75(119)97-67-41(4)123-78(122)55(30-56(98)44-20-11-13-21-45(44)81)95-77(121)66(40(3)28-62(104)105)96-74(118)50(31-57(82)99)89-61(103)37-85-68(112)52(33-63(106)107)92-70(114)48(23-15-16-26-79)90-73(117)53(34-64(108)109)93-69(113)47(24-17-27-80)87-60(102)38-86-76(67)120/h11-14,19-22,36,39-41,47-55,66-67,84H,5-10,15-18,23-35,37-38,79-81H2,1-4H3,(H2,82,99)(H2,83,100)(H,85,112)(H,86,120)(H,87,102)(H,88,101)(H,89,103)(H,90,117)(H,91,115)(H,92,114)(H,93,113)(H,94,116)(H,95,121)(H,96,118)(H,97,119)(H,104,105)(H,106,107)(H,108,109)(H,110,111). The number of esters is 1. The van der Waals surface area contributed by atoms with Gasteiger partial charge in [-0.25, -0.2) is 4.79 Å². The number of benzene rings is 2. The lowest BCUT2D eigenvalue weighted by atomic mass is 9.95. The minimum absolute atomic E-state index is 0.0116. The molecule has 0 aliphatic carbocycles. The fraction of sp³-hybridized carbons (Fsp3) is 0.551. The Balaban J connectivity index is 1.91. The number of carboxylic acid groups (broad SMARTS) is 4. The molecular weight excluding hydrogens is 1620 g/mol. The van der Waals surface area contributed by atoms with Crippen molar-refractivity contribution in [3.63, 3.8) is 0 Å². The second-order valence-electron chi connectivity index (χ2n) is 30.0. The molecule has 45 nitrogen and oxygen atoms in total. The smallest absolute Gasteiger partial charge is 0.329 e. The van der Waals surface area contributed by atoms with Crippen LogP contribution in [-0.2, 0) is 107 Å². The van der Waals surface area contributed by atoms with Crippen LogP contribution in [0.3, 0.4) is 0 Å². The van der Waals surface area contributed by atoms with Crippen molar-refractivity contribution in [3.05, 3.63) is 65.9 Å². The molecule has 1 fully saturated rings. The van der Waals surface area contributed by atoms with Crippen LogP contribution in [0.15, 0.2) is 54.7 Å². The minimum Gasteiger partial charge on any atom is -0.481 e. The Hall–Kier alpha value is -13.2. The fourth-order valence-corrected chi connectivity index (χ4v) is 12.9. The summed E-state index contributed by atoms with van der Waals surface area (Å²) in [6.45, 7) is 3.55. The van der Waals surface area contributed by atoms with Crippen LogP contribution in [0.1, 0.15) is 172 Å².